The average molecular weight is 270 g/mol. The molecule has 1 rings (SSSR count). The summed E-state index contributed by atoms with van der Waals surface area (Å²) in [6.45, 7) is 5.56. The van der Waals surface area contributed by atoms with Gasteiger partial charge < -0.3 is 0 Å². The molecule has 0 unspecified atom stereocenters. The molecule has 0 aromatic rings. The number of halogens is 1. The molecule has 0 N–H and O–H groups in total. The molecule has 0 aliphatic carbocycles. The molecule has 0 aromatic carbocycles. The predicted octanol–water partition coefficient (Wildman–Crippen LogP) is 1.79. The monoisotopic (exact) mass is 269 g/mol. The summed E-state index contributed by atoms with van der Waals surface area (Å²) in [4.78, 5) is 0. The highest BCUT2D eigenvalue weighted by atomic mass is 79.9. The van der Waals surface area contributed by atoms with E-state index in [9.17, 15) is 8.42 Å². The fourth-order valence-electron chi connectivity index (χ4n) is 1.68. The first-order chi connectivity index (χ1) is 5.87. The molecule has 1 aliphatic rings. The lowest BCUT2D eigenvalue weighted by Crippen LogP contribution is -2.43. The van der Waals surface area contributed by atoms with E-state index in [0.29, 0.717) is 13.1 Å². The number of hydrogen-bond acceptors (Lipinski definition) is 2. The molecule has 0 radical (unpaired) electrons. The third-order valence-electron chi connectivity index (χ3n) is 2.40. The molecule has 0 atom stereocenters. The van der Waals surface area contributed by atoms with Crippen molar-refractivity contribution in [1.29, 1.82) is 0 Å². The fourth-order valence-corrected chi connectivity index (χ4v) is 3.64. The zero-order valence-electron chi connectivity index (χ0n) is 8.09. The summed E-state index contributed by atoms with van der Waals surface area (Å²) >= 11 is 3.01. The molecule has 0 bridgehead atoms. The third kappa shape index (κ3) is 2.92. The van der Waals surface area contributed by atoms with Crippen LogP contribution in [0.25, 0.3) is 0 Å². The van der Waals surface area contributed by atoms with E-state index >= 15 is 0 Å². The third-order valence-corrected chi connectivity index (χ3v) is 5.51. The molecule has 1 saturated heterocycles. The van der Waals surface area contributed by atoms with Crippen LogP contribution in [0.5, 0.6) is 0 Å². The van der Waals surface area contributed by atoms with Gasteiger partial charge in [-0.3, -0.25) is 0 Å². The lowest BCUT2D eigenvalue weighted by Gasteiger charge is -2.36. The van der Waals surface area contributed by atoms with Crippen molar-refractivity contribution in [1.82, 2.24) is 4.31 Å². The number of sulfonamides is 1. The molecule has 1 fully saturated rings. The minimum Gasteiger partial charge on any atom is -0.211 e. The summed E-state index contributed by atoms with van der Waals surface area (Å²) in [5.41, 5.74) is 0.132. The number of nitrogens with zero attached hydrogens (tertiary/aromatic N) is 1. The zero-order chi connectivity index (χ0) is 10.1. The van der Waals surface area contributed by atoms with Crippen molar-refractivity contribution in [3.63, 3.8) is 0 Å². The van der Waals surface area contributed by atoms with E-state index in [0.717, 1.165) is 12.8 Å². The van der Waals surface area contributed by atoms with Crippen LogP contribution in [0.1, 0.15) is 26.7 Å². The first kappa shape index (κ1) is 11.5. The van der Waals surface area contributed by atoms with E-state index in [2.05, 4.69) is 29.8 Å². The van der Waals surface area contributed by atoms with Gasteiger partial charge in [0.2, 0.25) is 10.0 Å². The lowest BCUT2D eigenvalue weighted by molar-refractivity contribution is 0.187. The topological polar surface area (TPSA) is 37.4 Å². The first-order valence-electron chi connectivity index (χ1n) is 4.41. The van der Waals surface area contributed by atoms with Gasteiger partial charge in [0, 0.05) is 13.1 Å². The Kier molecular flexibility index (Phi) is 3.41. The highest BCUT2D eigenvalue weighted by Gasteiger charge is 2.32. The van der Waals surface area contributed by atoms with Gasteiger partial charge in [-0.1, -0.05) is 29.8 Å². The largest absolute Gasteiger partial charge is 0.224 e. The van der Waals surface area contributed by atoms with Crippen LogP contribution in [-0.4, -0.2) is 30.5 Å². The van der Waals surface area contributed by atoms with Crippen LogP contribution in [0.2, 0.25) is 0 Å². The van der Waals surface area contributed by atoms with Gasteiger partial charge in [0.25, 0.3) is 0 Å². The highest BCUT2D eigenvalue weighted by Crippen LogP contribution is 2.30. The van der Waals surface area contributed by atoms with Crippen molar-refractivity contribution in [2.45, 2.75) is 26.7 Å². The van der Waals surface area contributed by atoms with Gasteiger partial charge in [0.05, 0.1) is 0 Å². The van der Waals surface area contributed by atoms with E-state index in [1.54, 1.807) is 4.31 Å². The van der Waals surface area contributed by atoms with Crippen LogP contribution in [0.4, 0.5) is 0 Å². The quantitative estimate of drug-likeness (QED) is 0.717. The summed E-state index contributed by atoms with van der Waals surface area (Å²) in [5.74, 6) is 0. The minimum atomic E-state index is -3.04. The van der Waals surface area contributed by atoms with E-state index < -0.39 is 10.0 Å². The summed E-state index contributed by atoms with van der Waals surface area (Å²) < 4.78 is 24.7. The second-order valence-electron chi connectivity index (χ2n) is 4.32. The standard InChI is InChI=1S/C8H16BrNO2S/c1-8(2)4-3-5-10(6-8)13(11,12)7-9/h3-7H2,1-2H3. The van der Waals surface area contributed by atoms with Crippen LogP contribution in [0.15, 0.2) is 0 Å². The minimum absolute atomic E-state index is 0.0378. The van der Waals surface area contributed by atoms with Gasteiger partial charge in [-0.25, -0.2) is 12.7 Å². The number of alkyl halides is 1. The Morgan fingerprint density at radius 2 is 2.08 bits per heavy atom. The summed E-state index contributed by atoms with van der Waals surface area (Å²) in [6, 6.07) is 0. The average Bonchev–Trinajstić information content (AvgIpc) is 2.03. The molecule has 5 heteroatoms. The first-order valence-corrected chi connectivity index (χ1v) is 7.14. The van der Waals surface area contributed by atoms with Gasteiger partial charge >= 0.3 is 0 Å². The summed E-state index contributed by atoms with van der Waals surface area (Å²) in [6.07, 6.45) is 2.08. The Labute approximate surface area is 88.7 Å². The second-order valence-corrected chi connectivity index (χ2v) is 7.59. The zero-order valence-corrected chi connectivity index (χ0v) is 10.5. The van der Waals surface area contributed by atoms with Crippen molar-refractivity contribution in [3.05, 3.63) is 0 Å². The highest BCUT2D eigenvalue weighted by molar-refractivity contribution is 9.10. The second kappa shape index (κ2) is 3.87. The normalized spacial score (nSPS) is 24.5. The van der Waals surface area contributed by atoms with Gasteiger partial charge in [-0.2, -0.15) is 0 Å². The van der Waals surface area contributed by atoms with E-state index in [4.69, 9.17) is 0 Å². The number of hydrogen-bond donors (Lipinski definition) is 0. The fraction of sp³-hybridized carbons (Fsp3) is 1.00. The van der Waals surface area contributed by atoms with Gasteiger partial charge in [0.15, 0.2) is 0 Å². The smallest absolute Gasteiger partial charge is 0.211 e. The van der Waals surface area contributed by atoms with Crippen LogP contribution < -0.4 is 0 Å². The molecule has 0 saturated carbocycles. The Bertz CT molecular complexity index is 274. The van der Waals surface area contributed by atoms with E-state index in [1.165, 1.54) is 0 Å². The number of piperidine rings is 1. The molecule has 0 aromatic heterocycles. The molecular formula is C8H16BrNO2S. The van der Waals surface area contributed by atoms with E-state index in [1.807, 2.05) is 0 Å². The molecule has 13 heavy (non-hydrogen) atoms. The molecule has 3 nitrogen and oxygen atoms in total. The maximum Gasteiger partial charge on any atom is 0.224 e. The van der Waals surface area contributed by atoms with Crippen LogP contribution in [0.3, 0.4) is 0 Å². The van der Waals surface area contributed by atoms with Gasteiger partial charge in [-0.15, -0.1) is 0 Å². The Hall–Kier alpha value is 0.390. The van der Waals surface area contributed by atoms with Crippen LogP contribution >= 0.6 is 15.9 Å². The SMILES string of the molecule is CC1(C)CCCN(S(=O)(=O)CBr)C1. The molecule has 78 valence electrons. The van der Waals surface area contributed by atoms with Crippen molar-refractivity contribution >= 4 is 26.0 Å². The summed E-state index contributed by atoms with van der Waals surface area (Å²) in [7, 11) is -3.04. The maximum atomic E-state index is 11.5. The number of rotatable bonds is 2. The molecule has 1 aliphatic heterocycles. The van der Waals surface area contributed by atoms with E-state index in [-0.39, 0.29) is 10.1 Å². The Morgan fingerprint density at radius 3 is 2.54 bits per heavy atom. The van der Waals surface area contributed by atoms with Crippen molar-refractivity contribution < 1.29 is 8.42 Å². The van der Waals surface area contributed by atoms with Crippen molar-refractivity contribution in [3.8, 4) is 0 Å². The molecule has 1 heterocycles. The van der Waals surface area contributed by atoms with Crippen molar-refractivity contribution in [2.75, 3.05) is 17.8 Å². The predicted molar refractivity (Wildman–Crippen MR) is 57.3 cm³/mol. The Balaban J connectivity index is 2.73. The van der Waals surface area contributed by atoms with Crippen LogP contribution in [0, 0.1) is 5.41 Å². The molecular weight excluding hydrogens is 254 g/mol. The molecule has 0 amide bonds. The van der Waals surface area contributed by atoms with Crippen molar-refractivity contribution in [2.24, 2.45) is 5.41 Å². The maximum absolute atomic E-state index is 11.5. The van der Waals surface area contributed by atoms with Gasteiger partial charge in [-0.05, 0) is 18.3 Å². The van der Waals surface area contributed by atoms with Crippen LogP contribution in [-0.2, 0) is 10.0 Å². The summed E-state index contributed by atoms with van der Waals surface area (Å²) in [5, 5.41) is 0. The lowest BCUT2D eigenvalue weighted by atomic mass is 9.85. The Morgan fingerprint density at radius 1 is 1.46 bits per heavy atom. The van der Waals surface area contributed by atoms with Gasteiger partial charge in [0.1, 0.15) is 4.66 Å². The molecule has 0 spiro atoms.